The van der Waals surface area contributed by atoms with E-state index in [1.165, 1.54) is 12.1 Å². The van der Waals surface area contributed by atoms with Gasteiger partial charge in [-0.05, 0) is 24.3 Å². The zero-order valence-electron chi connectivity index (χ0n) is 8.03. The number of halogens is 4. The number of rotatable bonds is 0. The van der Waals surface area contributed by atoms with E-state index >= 15 is 0 Å². The van der Waals surface area contributed by atoms with Gasteiger partial charge in [0.05, 0.1) is 5.56 Å². The van der Waals surface area contributed by atoms with Gasteiger partial charge in [0.2, 0.25) is 0 Å². The van der Waals surface area contributed by atoms with Gasteiger partial charge in [-0.3, -0.25) is 0 Å². The summed E-state index contributed by atoms with van der Waals surface area (Å²) in [6.07, 6.45) is -4.24. The average molecular weight is 251 g/mol. The second-order valence-electron chi connectivity index (χ2n) is 2.00. The molecule has 1 aromatic carbocycles. The molecule has 0 amide bonds. The molecular weight excluding hydrogens is 245 g/mol. The molecule has 0 aliphatic carbocycles. The summed E-state index contributed by atoms with van der Waals surface area (Å²) >= 11 is 3.04. The van der Waals surface area contributed by atoms with E-state index in [1.54, 1.807) is 0 Å². The Morgan fingerprint density at radius 1 is 1.08 bits per heavy atom. The van der Waals surface area contributed by atoms with Crippen molar-refractivity contribution < 1.29 is 16.0 Å². The standard InChI is InChI=1S/C7H4BrF3.Mg.2H/c8-6-3-1-5(2-4-6)7(9,10)11;;;/h1-4H;;;/q;+2;2*-1. The van der Waals surface area contributed by atoms with E-state index in [-0.39, 0.29) is 25.9 Å². The average Bonchev–Trinajstić information content (AvgIpc) is 1.86. The van der Waals surface area contributed by atoms with Crippen LogP contribution >= 0.6 is 15.9 Å². The van der Waals surface area contributed by atoms with Crippen molar-refractivity contribution in [2.75, 3.05) is 0 Å². The Hall–Kier alpha value is 0.256. The molecule has 1 aromatic rings. The summed E-state index contributed by atoms with van der Waals surface area (Å²) in [6, 6.07) is 4.79. The van der Waals surface area contributed by atoms with Crippen LogP contribution in [0.25, 0.3) is 0 Å². The monoisotopic (exact) mass is 250 g/mol. The minimum Gasteiger partial charge on any atom is -1.00 e. The van der Waals surface area contributed by atoms with Crippen LogP contribution in [0.15, 0.2) is 28.7 Å². The molecule has 0 nitrogen and oxygen atoms in total. The van der Waals surface area contributed by atoms with Crippen molar-refractivity contribution in [2.24, 2.45) is 0 Å². The van der Waals surface area contributed by atoms with Crippen molar-refractivity contribution in [1.29, 1.82) is 0 Å². The van der Waals surface area contributed by atoms with Crippen molar-refractivity contribution in [3.05, 3.63) is 34.3 Å². The van der Waals surface area contributed by atoms with Crippen LogP contribution in [0, 0.1) is 0 Å². The van der Waals surface area contributed by atoms with E-state index in [1.807, 2.05) is 0 Å². The SMILES string of the molecule is FC(F)(F)c1ccc(Br)cc1.[H-].[H-].[Mg+2]. The molecule has 12 heavy (non-hydrogen) atoms. The number of benzene rings is 1. The molecule has 64 valence electrons. The third-order valence-corrected chi connectivity index (χ3v) is 1.70. The van der Waals surface area contributed by atoms with Crippen LogP contribution in [-0.2, 0) is 6.18 Å². The Morgan fingerprint density at radius 2 is 1.50 bits per heavy atom. The van der Waals surface area contributed by atoms with Crippen molar-refractivity contribution in [2.45, 2.75) is 6.18 Å². The summed E-state index contributed by atoms with van der Waals surface area (Å²) in [5.41, 5.74) is -0.624. The molecule has 0 unspecified atom stereocenters. The molecule has 0 atom stereocenters. The van der Waals surface area contributed by atoms with Gasteiger partial charge < -0.3 is 2.85 Å². The maximum atomic E-state index is 11.9. The normalized spacial score (nSPS) is 10.7. The number of hydrogen-bond acceptors (Lipinski definition) is 0. The second-order valence-corrected chi connectivity index (χ2v) is 2.92. The van der Waals surface area contributed by atoms with Gasteiger partial charge in [-0.2, -0.15) is 13.2 Å². The van der Waals surface area contributed by atoms with Crippen molar-refractivity contribution in [3.8, 4) is 0 Å². The molecule has 0 saturated heterocycles. The van der Waals surface area contributed by atoms with Gasteiger partial charge in [0.1, 0.15) is 0 Å². The summed E-state index contributed by atoms with van der Waals surface area (Å²) in [6.45, 7) is 0. The van der Waals surface area contributed by atoms with Gasteiger partial charge >= 0.3 is 29.2 Å². The van der Waals surface area contributed by atoms with Gasteiger partial charge in [-0.25, -0.2) is 0 Å². The first-order valence-corrected chi connectivity index (χ1v) is 3.62. The van der Waals surface area contributed by atoms with Crippen LogP contribution < -0.4 is 0 Å². The minimum absolute atomic E-state index is 0. The van der Waals surface area contributed by atoms with Crippen molar-refractivity contribution in [3.63, 3.8) is 0 Å². The third-order valence-electron chi connectivity index (χ3n) is 1.17. The van der Waals surface area contributed by atoms with Gasteiger partial charge in [0.15, 0.2) is 0 Å². The first-order valence-electron chi connectivity index (χ1n) is 2.83. The summed E-state index contributed by atoms with van der Waals surface area (Å²) in [5, 5.41) is 0. The fourth-order valence-electron chi connectivity index (χ4n) is 0.639. The van der Waals surface area contributed by atoms with E-state index in [4.69, 9.17) is 0 Å². The van der Waals surface area contributed by atoms with Crippen LogP contribution in [0.3, 0.4) is 0 Å². The zero-order chi connectivity index (χ0) is 8.48. The fourth-order valence-corrected chi connectivity index (χ4v) is 0.903. The predicted octanol–water partition coefficient (Wildman–Crippen LogP) is 3.31. The van der Waals surface area contributed by atoms with Crippen LogP contribution in [0.5, 0.6) is 0 Å². The molecule has 0 spiro atoms. The smallest absolute Gasteiger partial charge is 1.00 e. The number of alkyl halides is 3. The predicted molar refractivity (Wildman–Crippen MR) is 47.1 cm³/mol. The summed E-state index contributed by atoms with van der Waals surface area (Å²) in [5.74, 6) is 0. The van der Waals surface area contributed by atoms with E-state index in [9.17, 15) is 13.2 Å². The molecular formula is C7H6BrF3Mg. The molecule has 0 aromatic heterocycles. The van der Waals surface area contributed by atoms with Crippen LogP contribution in [0.1, 0.15) is 8.42 Å². The van der Waals surface area contributed by atoms with Gasteiger partial charge in [0, 0.05) is 4.47 Å². The molecule has 0 aliphatic heterocycles. The summed E-state index contributed by atoms with van der Waals surface area (Å²) < 4.78 is 36.4. The van der Waals surface area contributed by atoms with Crippen LogP contribution in [-0.4, -0.2) is 23.1 Å². The molecule has 0 aliphatic rings. The maximum Gasteiger partial charge on any atom is 2.00 e. The molecule has 0 fully saturated rings. The second kappa shape index (κ2) is 4.48. The van der Waals surface area contributed by atoms with Crippen molar-refractivity contribution in [1.82, 2.24) is 0 Å². The molecule has 0 radical (unpaired) electrons. The molecule has 0 N–H and O–H groups in total. The van der Waals surface area contributed by atoms with Gasteiger partial charge in [-0.1, -0.05) is 15.9 Å². The topological polar surface area (TPSA) is 0 Å². The maximum absolute atomic E-state index is 11.9. The first-order chi connectivity index (χ1) is 5.00. The molecule has 0 bridgehead atoms. The first kappa shape index (κ1) is 12.3. The Morgan fingerprint density at radius 3 is 1.83 bits per heavy atom. The van der Waals surface area contributed by atoms with E-state index < -0.39 is 11.7 Å². The van der Waals surface area contributed by atoms with E-state index in [0.29, 0.717) is 4.47 Å². The number of hydrogen-bond donors (Lipinski definition) is 0. The zero-order valence-corrected chi connectivity index (χ0v) is 9.03. The van der Waals surface area contributed by atoms with E-state index in [0.717, 1.165) is 12.1 Å². The third kappa shape index (κ3) is 3.33. The Kier molecular flexibility index (Phi) is 4.58. The quantitative estimate of drug-likeness (QED) is 0.621. The molecule has 0 saturated carbocycles. The summed E-state index contributed by atoms with van der Waals surface area (Å²) in [7, 11) is 0. The van der Waals surface area contributed by atoms with E-state index in [2.05, 4.69) is 15.9 Å². The molecule has 1 rings (SSSR count). The molecule has 0 heterocycles. The Balaban J connectivity index is -0.000000403. The van der Waals surface area contributed by atoms with Crippen LogP contribution in [0.4, 0.5) is 13.2 Å². The fraction of sp³-hybridized carbons (Fsp3) is 0.143. The summed E-state index contributed by atoms with van der Waals surface area (Å²) in [4.78, 5) is 0. The molecule has 5 heteroatoms. The van der Waals surface area contributed by atoms with Crippen molar-refractivity contribution >= 4 is 39.0 Å². The minimum atomic E-state index is -4.24. The van der Waals surface area contributed by atoms with Gasteiger partial charge in [0.25, 0.3) is 0 Å². The Bertz CT molecular complexity index is 250. The Labute approximate surface area is 95.4 Å². The largest absolute Gasteiger partial charge is 2.00 e. The van der Waals surface area contributed by atoms with Crippen LogP contribution in [0.2, 0.25) is 0 Å². The van der Waals surface area contributed by atoms with Gasteiger partial charge in [-0.15, -0.1) is 0 Å².